The minimum absolute atomic E-state index is 0.285. The molecule has 0 amide bonds. The third-order valence-electron chi connectivity index (χ3n) is 0.322. The van der Waals surface area contributed by atoms with Crippen LogP contribution in [-0.2, 0) is 4.79 Å². The van der Waals surface area contributed by atoms with Crippen LogP contribution in [0.25, 0.3) is 0 Å². The molecule has 2 nitrogen and oxygen atoms in total. The zero-order valence-electron chi connectivity index (χ0n) is 3.81. The van der Waals surface area contributed by atoms with Gasteiger partial charge in [-0.3, -0.25) is 0 Å². The second kappa shape index (κ2) is 2.64. The van der Waals surface area contributed by atoms with E-state index in [0.29, 0.717) is 0 Å². The lowest BCUT2D eigenvalue weighted by atomic mass is 10.5. The smallest absolute Gasteiger partial charge is 0.329 e. The summed E-state index contributed by atoms with van der Waals surface area (Å²) in [5.41, 5.74) is 0. The van der Waals surface area contributed by atoms with E-state index in [1.807, 2.05) is 0 Å². The number of carboxylic acids is 1. The Kier molecular flexibility index (Phi) is 2.45. The van der Waals surface area contributed by atoms with Gasteiger partial charge in [-0.15, -0.1) is 0 Å². The monoisotopic (exact) mass is 120 g/mol. The summed E-state index contributed by atoms with van der Waals surface area (Å²) in [6.45, 7) is 1.51. The molecule has 0 aliphatic heterocycles. The molecule has 0 heterocycles. The number of rotatable bonds is 1. The minimum atomic E-state index is -1.01. The summed E-state index contributed by atoms with van der Waals surface area (Å²) in [6.07, 6.45) is 0.932. The Morgan fingerprint density at radius 1 is 1.86 bits per heavy atom. The Morgan fingerprint density at radius 2 is 2.29 bits per heavy atom. The molecule has 0 unspecified atom stereocenters. The highest BCUT2D eigenvalue weighted by atomic mass is 35.5. The molecule has 0 aliphatic rings. The van der Waals surface area contributed by atoms with E-state index in [9.17, 15) is 4.79 Å². The van der Waals surface area contributed by atoms with Gasteiger partial charge in [0.25, 0.3) is 0 Å². The third-order valence-corrected chi connectivity index (χ3v) is 0.431. The normalized spacial score (nSPS) is 11.4. The van der Waals surface area contributed by atoms with Gasteiger partial charge in [-0.2, -0.15) is 0 Å². The lowest BCUT2D eigenvalue weighted by Crippen LogP contribution is -1.85. The number of hydrogen-bond donors (Lipinski definition) is 1. The molecule has 0 aliphatic carbocycles. The molecule has 0 aromatic heterocycles. The highest BCUT2D eigenvalue weighted by Gasteiger charge is 1.85. The molecule has 0 rings (SSSR count). The van der Waals surface area contributed by atoms with Crippen LogP contribution in [-0.4, -0.2) is 11.1 Å². The number of aliphatic carboxylic acids is 1. The Hall–Kier alpha value is -0.500. The minimum Gasteiger partial charge on any atom is -0.478 e. The van der Waals surface area contributed by atoms with Gasteiger partial charge in [-0.1, -0.05) is 11.6 Å². The molecule has 0 spiro atoms. The highest BCUT2D eigenvalue weighted by Crippen LogP contribution is 1.95. The van der Waals surface area contributed by atoms with E-state index in [0.717, 1.165) is 6.08 Å². The molecule has 7 heavy (non-hydrogen) atoms. The van der Waals surface area contributed by atoms with Crippen LogP contribution in [0.3, 0.4) is 0 Å². The maximum atomic E-state index is 9.65. The van der Waals surface area contributed by atoms with Gasteiger partial charge in [0, 0.05) is 11.1 Å². The summed E-state index contributed by atoms with van der Waals surface area (Å²) in [4.78, 5) is 9.65. The summed E-state index contributed by atoms with van der Waals surface area (Å²) in [5, 5.41) is 8.21. The predicted molar refractivity (Wildman–Crippen MR) is 27.2 cm³/mol. The highest BCUT2D eigenvalue weighted by molar-refractivity contribution is 6.30. The van der Waals surface area contributed by atoms with Gasteiger partial charge >= 0.3 is 5.97 Å². The van der Waals surface area contributed by atoms with E-state index in [1.165, 1.54) is 6.92 Å². The maximum absolute atomic E-state index is 9.65. The average Bonchev–Trinajstić information content (AvgIpc) is 1.27. The fourth-order valence-electron chi connectivity index (χ4n) is 0.170. The van der Waals surface area contributed by atoms with Crippen molar-refractivity contribution < 1.29 is 9.90 Å². The summed E-state index contributed by atoms with van der Waals surface area (Å²) in [5.74, 6) is -1.01. The standard InChI is InChI=1S/C4H5ClO2/c1-3(5)2-4(6)7/h2H,1H3,(H,6,7)/b3-2+. The molecule has 0 saturated carbocycles. The number of halogens is 1. The second-order valence-corrected chi connectivity index (χ2v) is 1.67. The lowest BCUT2D eigenvalue weighted by Gasteiger charge is -1.77. The first kappa shape index (κ1) is 6.50. The van der Waals surface area contributed by atoms with E-state index < -0.39 is 5.97 Å². The van der Waals surface area contributed by atoms with Crippen molar-refractivity contribution in [2.45, 2.75) is 6.92 Å². The van der Waals surface area contributed by atoms with Crippen LogP contribution in [0, 0.1) is 0 Å². The van der Waals surface area contributed by atoms with Crippen LogP contribution in [0.1, 0.15) is 6.92 Å². The Balaban J connectivity index is 3.68. The van der Waals surface area contributed by atoms with Crippen LogP contribution < -0.4 is 0 Å². The second-order valence-electron chi connectivity index (χ2n) is 1.07. The molecule has 0 fully saturated rings. The van der Waals surface area contributed by atoms with Crippen LogP contribution in [0.5, 0.6) is 0 Å². The molecule has 1 N–H and O–H groups in total. The van der Waals surface area contributed by atoms with Crippen LogP contribution >= 0.6 is 11.6 Å². The fraction of sp³-hybridized carbons (Fsp3) is 0.250. The zero-order chi connectivity index (χ0) is 5.86. The van der Waals surface area contributed by atoms with Crippen molar-refractivity contribution in [1.29, 1.82) is 0 Å². The molecule has 0 aromatic rings. The quantitative estimate of drug-likeness (QED) is 0.528. The van der Waals surface area contributed by atoms with Crippen molar-refractivity contribution in [2.24, 2.45) is 0 Å². The van der Waals surface area contributed by atoms with Crippen LogP contribution in [0.2, 0.25) is 0 Å². The summed E-state index contributed by atoms with van der Waals surface area (Å²) in [7, 11) is 0. The zero-order valence-corrected chi connectivity index (χ0v) is 4.57. The lowest BCUT2D eigenvalue weighted by molar-refractivity contribution is -0.131. The van der Waals surface area contributed by atoms with Crippen molar-refractivity contribution in [1.82, 2.24) is 0 Å². The molecule has 3 heteroatoms. The van der Waals surface area contributed by atoms with Gasteiger partial charge in [0.05, 0.1) is 0 Å². The molecular formula is C4H5ClO2. The molecule has 40 valence electrons. The molecular weight excluding hydrogens is 115 g/mol. The first-order chi connectivity index (χ1) is 3.13. The Bertz CT molecular complexity index is 102. The predicted octanol–water partition coefficient (Wildman–Crippen LogP) is 1.21. The summed E-state index contributed by atoms with van der Waals surface area (Å²) >= 11 is 5.15. The first-order valence-corrected chi connectivity index (χ1v) is 2.07. The number of carboxylic acid groups (broad SMARTS) is 1. The summed E-state index contributed by atoms with van der Waals surface area (Å²) in [6, 6.07) is 0. The average molecular weight is 121 g/mol. The fourth-order valence-corrected chi connectivity index (χ4v) is 0.263. The van der Waals surface area contributed by atoms with Gasteiger partial charge in [0.15, 0.2) is 0 Å². The van der Waals surface area contributed by atoms with Crippen molar-refractivity contribution in [3.05, 3.63) is 11.1 Å². The SMILES string of the molecule is C/C(Cl)=C\C(=O)O. The van der Waals surface area contributed by atoms with Gasteiger partial charge in [0.1, 0.15) is 0 Å². The molecule has 0 atom stereocenters. The van der Waals surface area contributed by atoms with Gasteiger partial charge in [-0.05, 0) is 6.92 Å². The molecule has 0 saturated heterocycles. The first-order valence-electron chi connectivity index (χ1n) is 1.69. The molecule has 0 aromatic carbocycles. The number of hydrogen-bond acceptors (Lipinski definition) is 1. The van der Waals surface area contributed by atoms with Gasteiger partial charge in [-0.25, -0.2) is 4.79 Å². The largest absolute Gasteiger partial charge is 0.478 e. The van der Waals surface area contributed by atoms with E-state index in [-0.39, 0.29) is 5.03 Å². The Morgan fingerprint density at radius 3 is 2.29 bits per heavy atom. The maximum Gasteiger partial charge on any atom is 0.329 e. The van der Waals surface area contributed by atoms with Gasteiger partial charge < -0.3 is 5.11 Å². The Labute approximate surface area is 46.4 Å². The van der Waals surface area contributed by atoms with E-state index in [4.69, 9.17) is 16.7 Å². The summed E-state index contributed by atoms with van der Waals surface area (Å²) < 4.78 is 0. The van der Waals surface area contributed by atoms with E-state index in [2.05, 4.69) is 0 Å². The van der Waals surface area contributed by atoms with E-state index >= 15 is 0 Å². The van der Waals surface area contributed by atoms with Crippen molar-refractivity contribution in [3.8, 4) is 0 Å². The molecule has 0 bridgehead atoms. The number of allylic oxidation sites excluding steroid dienone is 1. The van der Waals surface area contributed by atoms with E-state index in [1.54, 1.807) is 0 Å². The van der Waals surface area contributed by atoms with Crippen LogP contribution in [0.4, 0.5) is 0 Å². The third kappa shape index (κ3) is 5.50. The topological polar surface area (TPSA) is 37.3 Å². The molecule has 0 radical (unpaired) electrons. The van der Waals surface area contributed by atoms with Crippen molar-refractivity contribution in [2.75, 3.05) is 0 Å². The van der Waals surface area contributed by atoms with Crippen molar-refractivity contribution >= 4 is 17.6 Å². The van der Waals surface area contributed by atoms with Crippen molar-refractivity contribution in [3.63, 3.8) is 0 Å². The van der Waals surface area contributed by atoms with Crippen LogP contribution in [0.15, 0.2) is 11.1 Å². The number of carbonyl (C=O) groups is 1. The van der Waals surface area contributed by atoms with Gasteiger partial charge in [0.2, 0.25) is 0 Å².